The van der Waals surface area contributed by atoms with Crippen molar-refractivity contribution >= 4 is 34.2 Å². The van der Waals surface area contributed by atoms with Gasteiger partial charge in [-0.25, -0.2) is 9.59 Å². The molecule has 0 aliphatic rings. The van der Waals surface area contributed by atoms with Crippen LogP contribution in [-0.4, -0.2) is 41.3 Å². The molecule has 8 nitrogen and oxygen atoms in total. The lowest BCUT2D eigenvalue weighted by atomic mass is 10.1. The van der Waals surface area contributed by atoms with Crippen LogP contribution in [0.2, 0.25) is 0 Å². The third-order valence-electron chi connectivity index (χ3n) is 3.85. The van der Waals surface area contributed by atoms with Gasteiger partial charge in [0, 0.05) is 11.9 Å². The molecule has 0 bridgehead atoms. The summed E-state index contributed by atoms with van der Waals surface area (Å²) in [6.45, 7) is 7.05. The number of anilines is 1. The third kappa shape index (κ3) is 3.77. The van der Waals surface area contributed by atoms with Crippen molar-refractivity contribution < 1.29 is 23.9 Å². The minimum Gasteiger partial charge on any atom is -0.465 e. The quantitative estimate of drug-likeness (QED) is 0.775. The van der Waals surface area contributed by atoms with Crippen LogP contribution in [0.25, 0.3) is 0 Å². The SMILES string of the molecule is CCOC(=O)c1sc(NC(=O)C(C)n2nccc2C)c(C(=O)OC)c1C. The molecule has 26 heavy (non-hydrogen) atoms. The summed E-state index contributed by atoms with van der Waals surface area (Å²) in [5.41, 5.74) is 1.40. The lowest BCUT2D eigenvalue weighted by Gasteiger charge is -2.14. The van der Waals surface area contributed by atoms with E-state index in [0.717, 1.165) is 17.0 Å². The van der Waals surface area contributed by atoms with Crippen LogP contribution in [0, 0.1) is 13.8 Å². The smallest absolute Gasteiger partial charge is 0.348 e. The summed E-state index contributed by atoms with van der Waals surface area (Å²) in [7, 11) is 1.24. The van der Waals surface area contributed by atoms with Gasteiger partial charge < -0.3 is 14.8 Å². The highest BCUT2D eigenvalue weighted by Crippen LogP contribution is 2.34. The van der Waals surface area contributed by atoms with Gasteiger partial charge in [-0.05, 0) is 39.3 Å². The Balaban J connectivity index is 2.37. The maximum absolute atomic E-state index is 12.6. The molecule has 0 saturated heterocycles. The van der Waals surface area contributed by atoms with E-state index in [1.807, 2.05) is 6.92 Å². The molecule has 9 heteroatoms. The van der Waals surface area contributed by atoms with Gasteiger partial charge in [0.05, 0.1) is 19.3 Å². The molecule has 2 aromatic rings. The molecule has 1 atom stereocenters. The summed E-state index contributed by atoms with van der Waals surface area (Å²) < 4.78 is 11.4. The summed E-state index contributed by atoms with van der Waals surface area (Å²) in [6.07, 6.45) is 1.60. The van der Waals surface area contributed by atoms with Crippen molar-refractivity contribution in [1.29, 1.82) is 0 Å². The van der Waals surface area contributed by atoms with E-state index in [4.69, 9.17) is 9.47 Å². The molecule has 1 amide bonds. The molecule has 0 fully saturated rings. The fourth-order valence-corrected chi connectivity index (χ4v) is 3.55. The van der Waals surface area contributed by atoms with Crippen molar-refractivity contribution in [2.75, 3.05) is 19.0 Å². The first-order valence-corrected chi connectivity index (χ1v) is 8.83. The summed E-state index contributed by atoms with van der Waals surface area (Å²) >= 11 is 0.988. The number of methoxy groups -OCH3 is 1. The van der Waals surface area contributed by atoms with Gasteiger partial charge in [0.1, 0.15) is 15.9 Å². The molecule has 0 radical (unpaired) electrons. The number of hydrogen-bond donors (Lipinski definition) is 1. The highest BCUT2D eigenvalue weighted by Gasteiger charge is 2.28. The fourth-order valence-electron chi connectivity index (χ4n) is 2.45. The van der Waals surface area contributed by atoms with Crippen molar-refractivity contribution in [3.8, 4) is 0 Å². The van der Waals surface area contributed by atoms with Crippen molar-refractivity contribution in [1.82, 2.24) is 9.78 Å². The van der Waals surface area contributed by atoms with Crippen molar-refractivity contribution in [2.24, 2.45) is 0 Å². The van der Waals surface area contributed by atoms with E-state index in [1.54, 1.807) is 37.7 Å². The number of aromatic nitrogens is 2. The minimum absolute atomic E-state index is 0.151. The van der Waals surface area contributed by atoms with E-state index < -0.39 is 18.0 Å². The number of hydrogen-bond acceptors (Lipinski definition) is 7. The molecule has 2 heterocycles. The minimum atomic E-state index is -0.632. The van der Waals surface area contributed by atoms with Gasteiger partial charge in [-0.15, -0.1) is 11.3 Å². The lowest BCUT2D eigenvalue weighted by molar-refractivity contribution is -0.119. The molecule has 1 N–H and O–H groups in total. The third-order valence-corrected chi connectivity index (χ3v) is 5.04. The number of thiophene rings is 1. The second-order valence-corrected chi connectivity index (χ2v) is 6.58. The summed E-state index contributed by atoms with van der Waals surface area (Å²) in [5.74, 6) is -1.54. The number of aryl methyl sites for hydroxylation is 1. The zero-order valence-corrected chi connectivity index (χ0v) is 16.1. The van der Waals surface area contributed by atoms with Gasteiger partial charge in [-0.3, -0.25) is 9.48 Å². The average molecular weight is 379 g/mol. The first-order chi connectivity index (χ1) is 12.3. The summed E-state index contributed by atoms with van der Waals surface area (Å²) in [6, 6.07) is 1.20. The Kier molecular flexibility index (Phi) is 6.14. The largest absolute Gasteiger partial charge is 0.465 e. The fraction of sp³-hybridized carbons (Fsp3) is 0.412. The predicted octanol–water partition coefficient (Wildman–Crippen LogP) is 2.72. The highest BCUT2D eigenvalue weighted by atomic mass is 32.1. The van der Waals surface area contributed by atoms with E-state index in [9.17, 15) is 14.4 Å². The lowest BCUT2D eigenvalue weighted by Crippen LogP contribution is -2.25. The molecular weight excluding hydrogens is 358 g/mol. The summed E-state index contributed by atoms with van der Waals surface area (Å²) in [5, 5.41) is 7.08. The summed E-state index contributed by atoms with van der Waals surface area (Å²) in [4.78, 5) is 37.1. The van der Waals surface area contributed by atoms with Crippen LogP contribution >= 0.6 is 11.3 Å². The number of nitrogens with zero attached hydrogens (tertiary/aromatic N) is 2. The van der Waals surface area contributed by atoms with Gasteiger partial charge in [-0.1, -0.05) is 0 Å². The van der Waals surface area contributed by atoms with E-state index in [-0.39, 0.29) is 28.0 Å². The first-order valence-electron chi connectivity index (χ1n) is 8.01. The van der Waals surface area contributed by atoms with Crippen LogP contribution in [0.15, 0.2) is 12.3 Å². The van der Waals surface area contributed by atoms with Gasteiger partial charge in [-0.2, -0.15) is 5.10 Å². The Morgan fingerprint density at radius 2 is 2.00 bits per heavy atom. The maximum Gasteiger partial charge on any atom is 0.348 e. The standard InChI is InChI=1S/C17H21N3O5S/c1-6-25-17(23)13-10(3)12(16(22)24-5)15(26-13)19-14(21)11(4)20-9(2)7-8-18-20/h7-8,11H,6H2,1-5H3,(H,19,21). The normalized spacial score (nSPS) is 11.7. The zero-order chi connectivity index (χ0) is 19.4. The first kappa shape index (κ1) is 19.6. The Labute approximate surface area is 155 Å². The topological polar surface area (TPSA) is 99.5 Å². The zero-order valence-electron chi connectivity index (χ0n) is 15.3. The van der Waals surface area contributed by atoms with Crippen molar-refractivity contribution in [3.63, 3.8) is 0 Å². The average Bonchev–Trinajstić information content (AvgIpc) is 3.17. The molecule has 0 aliphatic heterocycles. The second kappa shape index (κ2) is 8.13. The highest BCUT2D eigenvalue weighted by molar-refractivity contribution is 7.18. The van der Waals surface area contributed by atoms with E-state index in [1.165, 1.54) is 7.11 Å². The van der Waals surface area contributed by atoms with Crippen LogP contribution < -0.4 is 5.32 Å². The molecule has 0 spiro atoms. The number of nitrogens with one attached hydrogen (secondary N) is 1. The number of carbonyl (C=O) groups excluding carboxylic acids is 3. The van der Waals surface area contributed by atoms with Crippen molar-refractivity contribution in [2.45, 2.75) is 33.7 Å². The Hall–Kier alpha value is -2.68. The van der Waals surface area contributed by atoms with Gasteiger partial charge in [0.25, 0.3) is 0 Å². The van der Waals surface area contributed by atoms with Crippen LogP contribution in [0.3, 0.4) is 0 Å². The molecule has 0 saturated carbocycles. The van der Waals surface area contributed by atoms with E-state index >= 15 is 0 Å². The van der Waals surface area contributed by atoms with Gasteiger partial charge in [0.2, 0.25) is 5.91 Å². The van der Waals surface area contributed by atoms with Crippen LogP contribution in [0.5, 0.6) is 0 Å². The van der Waals surface area contributed by atoms with Crippen LogP contribution in [0.1, 0.15) is 51.2 Å². The number of rotatable bonds is 6. The van der Waals surface area contributed by atoms with Gasteiger partial charge >= 0.3 is 11.9 Å². The van der Waals surface area contributed by atoms with Crippen LogP contribution in [0.4, 0.5) is 5.00 Å². The van der Waals surface area contributed by atoms with Gasteiger partial charge in [0.15, 0.2) is 0 Å². The number of esters is 2. The number of ether oxygens (including phenoxy) is 2. The second-order valence-electron chi connectivity index (χ2n) is 5.55. The molecular formula is C17H21N3O5S. The molecule has 0 aliphatic carbocycles. The Bertz CT molecular complexity index is 840. The van der Waals surface area contributed by atoms with E-state index in [2.05, 4.69) is 10.4 Å². The molecule has 140 valence electrons. The monoisotopic (exact) mass is 379 g/mol. The van der Waals surface area contributed by atoms with Crippen molar-refractivity contribution in [3.05, 3.63) is 34.0 Å². The maximum atomic E-state index is 12.6. The Morgan fingerprint density at radius 1 is 1.31 bits per heavy atom. The predicted molar refractivity (Wildman–Crippen MR) is 96.7 cm³/mol. The Morgan fingerprint density at radius 3 is 2.54 bits per heavy atom. The molecule has 2 aromatic heterocycles. The molecule has 1 unspecified atom stereocenters. The number of carbonyl (C=O) groups is 3. The molecule has 0 aromatic carbocycles. The van der Waals surface area contributed by atoms with E-state index in [0.29, 0.717) is 5.56 Å². The molecule has 2 rings (SSSR count). The number of amides is 1. The van der Waals surface area contributed by atoms with Crippen LogP contribution in [-0.2, 0) is 14.3 Å².